The van der Waals surface area contributed by atoms with Gasteiger partial charge in [-0.3, -0.25) is 14.5 Å². The van der Waals surface area contributed by atoms with Crippen LogP contribution in [0.4, 0.5) is 0 Å². The second-order valence-electron chi connectivity index (χ2n) is 7.29. The number of furan rings is 1. The Kier molecular flexibility index (Phi) is 5.82. The highest BCUT2D eigenvalue weighted by Crippen LogP contribution is 2.25. The third kappa shape index (κ3) is 4.67. The van der Waals surface area contributed by atoms with Crippen molar-refractivity contribution in [2.24, 2.45) is 0 Å². The average molecular weight is 374 g/mol. The molecular formula is C20H26N2O5. The van der Waals surface area contributed by atoms with Gasteiger partial charge in [0.2, 0.25) is 5.91 Å². The number of hydrogen-bond donors (Lipinski definition) is 1. The molecule has 1 amide bonds. The van der Waals surface area contributed by atoms with Crippen molar-refractivity contribution in [3.05, 3.63) is 35.1 Å². The summed E-state index contributed by atoms with van der Waals surface area (Å²) in [6.45, 7) is 5.99. The van der Waals surface area contributed by atoms with Gasteiger partial charge in [-0.15, -0.1) is 0 Å². The molecule has 0 aliphatic carbocycles. The summed E-state index contributed by atoms with van der Waals surface area (Å²) >= 11 is 0. The van der Waals surface area contributed by atoms with Gasteiger partial charge in [-0.25, -0.2) is 0 Å². The van der Waals surface area contributed by atoms with E-state index in [0.717, 1.165) is 22.1 Å². The normalized spacial score (nSPS) is 17.6. The minimum atomic E-state index is -0.876. The van der Waals surface area contributed by atoms with E-state index < -0.39 is 5.97 Å². The Labute approximate surface area is 158 Å². The zero-order chi connectivity index (χ0) is 19.6. The molecule has 0 unspecified atom stereocenters. The molecule has 1 fully saturated rings. The molecule has 2 heterocycles. The van der Waals surface area contributed by atoms with Gasteiger partial charge in [-0.2, -0.15) is 0 Å². The van der Waals surface area contributed by atoms with Gasteiger partial charge in [0.25, 0.3) is 0 Å². The SMILES string of the molecule is Cc1cc2occ(CC(=O)N3CCO[C@@H](CN(C)CC(=O)O)C3)c2cc1C. The monoisotopic (exact) mass is 374 g/mol. The molecule has 3 rings (SSSR count). The Morgan fingerprint density at radius 2 is 2.04 bits per heavy atom. The molecule has 27 heavy (non-hydrogen) atoms. The molecule has 1 aliphatic heterocycles. The number of morpholine rings is 1. The summed E-state index contributed by atoms with van der Waals surface area (Å²) in [6.07, 6.45) is 1.77. The number of ether oxygens (including phenoxy) is 1. The molecular weight excluding hydrogens is 348 g/mol. The number of hydrogen-bond acceptors (Lipinski definition) is 5. The Morgan fingerprint density at radius 1 is 1.30 bits per heavy atom. The fraction of sp³-hybridized carbons (Fsp3) is 0.500. The minimum absolute atomic E-state index is 0.0325. The van der Waals surface area contributed by atoms with E-state index in [9.17, 15) is 9.59 Å². The van der Waals surface area contributed by atoms with Crippen LogP contribution in [0.25, 0.3) is 11.0 Å². The van der Waals surface area contributed by atoms with Crippen molar-refractivity contribution >= 4 is 22.8 Å². The van der Waals surface area contributed by atoms with E-state index in [1.807, 2.05) is 19.9 Å². The summed E-state index contributed by atoms with van der Waals surface area (Å²) in [4.78, 5) is 27.1. The van der Waals surface area contributed by atoms with Crippen molar-refractivity contribution < 1.29 is 23.8 Å². The largest absolute Gasteiger partial charge is 0.480 e. The first-order valence-electron chi connectivity index (χ1n) is 9.10. The molecule has 7 heteroatoms. The van der Waals surface area contributed by atoms with Crippen LogP contribution in [0.2, 0.25) is 0 Å². The van der Waals surface area contributed by atoms with E-state index in [1.165, 1.54) is 5.56 Å². The van der Waals surface area contributed by atoms with Gasteiger partial charge in [0.05, 0.1) is 31.9 Å². The van der Waals surface area contributed by atoms with Crippen molar-refractivity contribution in [1.29, 1.82) is 0 Å². The zero-order valence-corrected chi connectivity index (χ0v) is 16.0. The molecule has 2 aromatic rings. The maximum Gasteiger partial charge on any atom is 0.317 e. The van der Waals surface area contributed by atoms with E-state index in [0.29, 0.717) is 26.2 Å². The van der Waals surface area contributed by atoms with Crippen LogP contribution in [0.3, 0.4) is 0 Å². The van der Waals surface area contributed by atoms with Gasteiger partial charge >= 0.3 is 5.97 Å². The van der Waals surface area contributed by atoms with Crippen LogP contribution in [0.15, 0.2) is 22.8 Å². The lowest BCUT2D eigenvalue weighted by molar-refractivity contribution is -0.142. The number of likely N-dealkylation sites (N-methyl/N-ethyl adjacent to an activating group) is 1. The van der Waals surface area contributed by atoms with E-state index in [1.54, 1.807) is 23.1 Å². The van der Waals surface area contributed by atoms with Crippen LogP contribution in [0, 0.1) is 13.8 Å². The second-order valence-corrected chi connectivity index (χ2v) is 7.29. The van der Waals surface area contributed by atoms with E-state index in [-0.39, 0.29) is 25.0 Å². The van der Waals surface area contributed by atoms with Crippen LogP contribution >= 0.6 is 0 Å². The Balaban J connectivity index is 1.64. The Hall–Kier alpha value is -2.38. The van der Waals surface area contributed by atoms with Crippen LogP contribution in [0.1, 0.15) is 16.7 Å². The van der Waals surface area contributed by atoms with Crippen molar-refractivity contribution in [3.63, 3.8) is 0 Å². The Morgan fingerprint density at radius 3 is 2.78 bits per heavy atom. The van der Waals surface area contributed by atoms with Gasteiger partial charge in [-0.1, -0.05) is 0 Å². The van der Waals surface area contributed by atoms with Crippen molar-refractivity contribution in [1.82, 2.24) is 9.80 Å². The van der Waals surface area contributed by atoms with Gasteiger partial charge in [-0.05, 0) is 44.2 Å². The quantitative estimate of drug-likeness (QED) is 0.831. The molecule has 0 radical (unpaired) electrons. The first kappa shape index (κ1) is 19.4. The minimum Gasteiger partial charge on any atom is -0.480 e. The van der Waals surface area contributed by atoms with Gasteiger partial charge in [0.1, 0.15) is 5.58 Å². The van der Waals surface area contributed by atoms with Crippen LogP contribution in [-0.2, 0) is 20.7 Å². The average Bonchev–Trinajstić information content (AvgIpc) is 2.96. The maximum absolute atomic E-state index is 12.8. The molecule has 1 atom stereocenters. The summed E-state index contributed by atoms with van der Waals surface area (Å²) in [5, 5.41) is 9.85. The van der Waals surface area contributed by atoms with Crippen molar-refractivity contribution in [2.45, 2.75) is 26.4 Å². The van der Waals surface area contributed by atoms with Crippen molar-refractivity contribution in [2.75, 3.05) is 39.8 Å². The number of carbonyl (C=O) groups is 2. The van der Waals surface area contributed by atoms with Gasteiger partial charge in [0, 0.05) is 30.6 Å². The topological polar surface area (TPSA) is 83.2 Å². The van der Waals surface area contributed by atoms with Crippen LogP contribution in [-0.4, -0.2) is 72.7 Å². The fourth-order valence-electron chi connectivity index (χ4n) is 3.45. The molecule has 7 nitrogen and oxygen atoms in total. The molecule has 1 saturated heterocycles. The molecule has 1 aromatic carbocycles. The van der Waals surface area contributed by atoms with Gasteiger partial charge in [0.15, 0.2) is 0 Å². The van der Waals surface area contributed by atoms with E-state index in [2.05, 4.69) is 6.07 Å². The lowest BCUT2D eigenvalue weighted by atomic mass is 10.0. The number of rotatable bonds is 6. The molecule has 1 N–H and O–H groups in total. The predicted molar refractivity (Wildman–Crippen MR) is 101 cm³/mol. The first-order valence-corrected chi connectivity index (χ1v) is 9.10. The lowest BCUT2D eigenvalue weighted by Crippen LogP contribution is -2.50. The molecule has 1 aliphatic rings. The third-order valence-corrected chi connectivity index (χ3v) is 5.02. The summed E-state index contributed by atoms with van der Waals surface area (Å²) in [5.41, 5.74) is 4.03. The number of carboxylic acid groups (broad SMARTS) is 1. The Bertz CT molecular complexity index is 844. The smallest absolute Gasteiger partial charge is 0.317 e. The summed E-state index contributed by atoms with van der Waals surface area (Å²) < 4.78 is 11.3. The van der Waals surface area contributed by atoms with E-state index in [4.69, 9.17) is 14.3 Å². The second kappa shape index (κ2) is 8.10. The maximum atomic E-state index is 12.8. The molecule has 0 saturated carbocycles. The number of aliphatic carboxylic acids is 1. The fourth-order valence-corrected chi connectivity index (χ4v) is 3.45. The number of fused-ring (bicyclic) bond motifs is 1. The number of carboxylic acids is 1. The number of nitrogens with zero attached hydrogens (tertiary/aromatic N) is 2. The van der Waals surface area contributed by atoms with Crippen LogP contribution in [0.5, 0.6) is 0 Å². The molecule has 1 aromatic heterocycles. The molecule has 0 bridgehead atoms. The standard InChI is InChI=1S/C20H26N2O5/c1-13-6-17-15(12-27-18(17)7-14(13)2)8-19(23)22-4-5-26-16(10-22)9-21(3)11-20(24)25/h6-7,12,16H,4-5,8-11H2,1-3H3,(H,24,25)/t16-/m0/s1. The van der Waals surface area contributed by atoms with E-state index >= 15 is 0 Å². The molecule has 146 valence electrons. The van der Waals surface area contributed by atoms with Crippen molar-refractivity contribution in [3.8, 4) is 0 Å². The summed E-state index contributed by atoms with van der Waals surface area (Å²) in [7, 11) is 1.74. The lowest BCUT2D eigenvalue weighted by Gasteiger charge is -2.34. The highest BCUT2D eigenvalue weighted by Gasteiger charge is 2.26. The summed E-state index contributed by atoms with van der Waals surface area (Å²) in [6, 6.07) is 4.07. The third-order valence-electron chi connectivity index (χ3n) is 5.02. The highest BCUT2D eigenvalue weighted by atomic mass is 16.5. The number of benzene rings is 1. The van der Waals surface area contributed by atoms with Gasteiger partial charge < -0.3 is 19.2 Å². The predicted octanol–water partition coefficient (Wildman–Crippen LogP) is 1.84. The highest BCUT2D eigenvalue weighted by molar-refractivity contribution is 5.88. The number of carbonyl (C=O) groups excluding carboxylic acids is 1. The zero-order valence-electron chi connectivity index (χ0n) is 16.0. The number of amides is 1. The number of aryl methyl sites for hydroxylation is 2. The molecule has 0 spiro atoms. The first-order chi connectivity index (χ1) is 12.8. The summed E-state index contributed by atoms with van der Waals surface area (Å²) in [5.74, 6) is -0.844. The van der Waals surface area contributed by atoms with Crippen LogP contribution < -0.4 is 0 Å².